The molecular formula is C17H24BrN5O2S. The number of benzene rings is 1. The third-order valence-electron chi connectivity index (χ3n) is 3.64. The average molecular weight is 442 g/mol. The highest BCUT2D eigenvalue weighted by molar-refractivity contribution is 9.10. The summed E-state index contributed by atoms with van der Waals surface area (Å²) in [4.78, 5) is 16.2. The Morgan fingerprint density at radius 3 is 2.58 bits per heavy atom. The zero-order valence-electron chi connectivity index (χ0n) is 15.2. The number of hydrogen-bond donors (Lipinski definition) is 2. The summed E-state index contributed by atoms with van der Waals surface area (Å²) in [6, 6.07) is 5.98. The van der Waals surface area contributed by atoms with E-state index in [0.29, 0.717) is 26.2 Å². The van der Waals surface area contributed by atoms with E-state index in [4.69, 9.17) is 22.7 Å². The van der Waals surface area contributed by atoms with Crippen LogP contribution in [-0.2, 0) is 4.74 Å². The SMILES string of the molecule is CC(C)(C)OC(=O)N1CCN(c2ccc(Br)cc2C=NNC(N)=S)CC1. The highest BCUT2D eigenvalue weighted by Crippen LogP contribution is 2.25. The van der Waals surface area contributed by atoms with E-state index in [1.54, 1.807) is 11.1 Å². The van der Waals surface area contributed by atoms with E-state index < -0.39 is 5.60 Å². The minimum atomic E-state index is -0.486. The minimum Gasteiger partial charge on any atom is -0.444 e. The number of nitrogens with zero attached hydrogens (tertiary/aromatic N) is 3. The quantitative estimate of drug-likeness (QED) is 0.426. The fraction of sp³-hybridized carbons (Fsp3) is 0.471. The normalized spacial score (nSPS) is 15.2. The number of ether oxygens (including phenoxy) is 1. The first-order valence-corrected chi connectivity index (χ1v) is 9.47. The predicted octanol–water partition coefficient (Wildman–Crippen LogP) is 2.67. The monoisotopic (exact) mass is 441 g/mol. The smallest absolute Gasteiger partial charge is 0.410 e. The second kappa shape index (κ2) is 8.68. The molecule has 3 N–H and O–H groups in total. The molecule has 0 aromatic heterocycles. The Morgan fingerprint density at radius 2 is 2.00 bits per heavy atom. The van der Waals surface area contributed by atoms with Crippen molar-refractivity contribution < 1.29 is 9.53 Å². The van der Waals surface area contributed by atoms with Gasteiger partial charge in [-0.3, -0.25) is 5.43 Å². The summed E-state index contributed by atoms with van der Waals surface area (Å²) in [6.07, 6.45) is 1.41. The van der Waals surface area contributed by atoms with Crippen molar-refractivity contribution in [3.63, 3.8) is 0 Å². The largest absolute Gasteiger partial charge is 0.444 e. The number of carbonyl (C=O) groups excluding carboxylic acids is 1. The molecular weight excluding hydrogens is 418 g/mol. The Balaban J connectivity index is 2.06. The first-order chi connectivity index (χ1) is 12.2. The summed E-state index contributed by atoms with van der Waals surface area (Å²) < 4.78 is 6.39. The molecule has 0 unspecified atom stereocenters. The van der Waals surface area contributed by atoms with Crippen LogP contribution >= 0.6 is 28.1 Å². The number of hydrazone groups is 1. The molecule has 0 spiro atoms. The van der Waals surface area contributed by atoms with E-state index in [1.165, 1.54) is 0 Å². The first-order valence-electron chi connectivity index (χ1n) is 8.26. The van der Waals surface area contributed by atoms with E-state index >= 15 is 0 Å². The van der Waals surface area contributed by atoms with Crippen molar-refractivity contribution in [2.75, 3.05) is 31.1 Å². The molecule has 1 saturated heterocycles. The number of nitrogens with two attached hydrogens (primary N) is 1. The molecule has 1 amide bonds. The van der Waals surface area contributed by atoms with E-state index in [1.807, 2.05) is 39.0 Å². The summed E-state index contributed by atoms with van der Waals surface area (Å²) in [7, 11) is 0. The topological polar surface area (TPSA) is 83.2 Å². The van der Waals surface area contributed by atoms with Gasteiger partial charge in [0.15, 0.2) is 5.11 Å². The Labute approximate surface area is 167 Å². The van der Waals surface area contributed by atoms with Crippen LogP contribution in [0.3, 0.4) is 0 Å². The third kappa shape index (κ3) is 6.14. The van der Waals surface area contributed by atoms with Gasteiger partial charge in [-0.2, -0.15) is 5.10 Å². The van der Waals surface area contributed by atoms with E-state index in [0.717, 1.165) is 15.7 Å². The standard InChI is InChI=1S/C17H24BrN5O2S/c1-17(2,3)25-16(24)23-8-6-22(7-9-23)14-5-4-13(18)10-12(14)11-20-21-15(19)26/h4-5,10-11H,6-9H2,1-3H3,(H3,19,21,26). The molecule has 1 aliphatic rings. The number of carbonyl (C=O) groups is 1. The molecule has 142 valence electrons. The number of amides is 1. The van der Waals surface area contributed by atoms with Gasteiger partial charge in [0.05, 0.1) is 6.21 Å². The van der Waals surface area contributed by atoms with Crippen LogP contribution in [0.1, 0.15) is 26.3 Å². The molecule has 0 atom stereocenters. The molecule has 1 aliphatic heterocycles. The van der Waals surface area contributed by atoms with E-state index in [2.05, 4.69) is 31.4 Å². The van der Waals surface area contributed by atoms with Gasteiger partial charge in [0.25, 0.3) is 0 Å². The van der Waals surface area contributed by atoms with Crippen molar-refractivity contribution in [3.8, 4) is 0 Å². The number of thiocarbonyl (C=S) groups is 1. The number of anilines is 1. The minimum absolute atomic E-state index is 0.115. The summed E-state index contributed by atoms with van der Waals surface area (Å²) in [5.74, 6) is 0. The molecule has 0 aliphatic carbocycles. The van der Waals surface area contributed by atoms with Crippen molar-refractivity contribution in [2.24, 2.45) is 10.8 Å². The van der Waals surface area contributed by atoms with Crippen molar-refractivity contribution in [2.45, 2.75) is 26.4 Å². The van der Waals surface area contributed by atoms with Crippen molar-refractivity contribution in [3.05, 3.63) is 28.2 Å². The zero-order chi connectivity index (χ0) is 19.3. The van der Waals surface area contributed by atoms with Crippen LogP contribution < -0.4 is 16.1 Å². The van der Waals surface area contributed by atoms with Crippen LogP contribution in [0.5, 0.6) is 0 Å². The van der Waals surface area contributed by atoms with E-state index in [9.17, 15) is 4.79 Å². The molecule has 9 heteroatoms. The van der Waals surface area contributed by atoms with Gasteiger partial charge < -0.3 is 20.3 Å². The number of halogens is 1. The molecule has 0 radical (unpaired) electrons. The molecule has 1 aromatic carbocycles. The molecule has 7 nitrogen and oxygen atoms in total. The summed E-state index contributed by atoms with van der Waals surface area (Å²) in [5, 5.41) is 4.16. The maximum absolute atomic E-state index is 12.2. The Morgan fingerprint density at radius 1 is 1.35 bits per heavy atom. The lowest BCUT2D eigenvalue weighted by Gasteiger charge is -2.37. The maximum atomic E-state index is 12.2. The van der Waals surface area contributed by atoms with Crippen molar-refractivity contribution >= 4 is 51.3 Å². The van der Waals surface area contributed by atoms with Gasteiger partial charge in [-0.1, -0.05) is 15.9 Å². The van der Waals surface area contributed by atoms with Gasteiger partial charge in [-0.15, -0.1) is 0 Å². The van der Waals surface area contributed by atoms with Gasteiger partial charge in [0.1, 0.15) is 5.60 Å². The lowest BCUT2D eigenvalue weighted by atomic mass is 10.1. The van der Waals surface area contributed by atoms with Gasteiger partial charge in [0, 0.05) is 41.9 Å². The van der Waals surface area contributed by atoms with Gasteiger partial charge in [-0.25, -0.2) is 4.79 Å². The van der Waals surface area contributed by atoms with Crippen molar-refractivity contribution in [1.82, 2.24) is 10.3 Å². The first kappa shape index (κ1) is 20.4. The molecule has 26 heavy (non-hydrogen) atoms. The fourth-order valence-electron chi connectivity index (χ4n) is 2.54. The van der Waals surface area contributed by atoms with Crippen LogP contribution in [0.25, 0.3) is 0 Å². The molecule has 0 bridgehead atoms. The fourth-order valence-corrected chi connectivity index (χ4v) is 2.97. The molecule has 0 saturated carbocycles. The van der Waals surface area contributed by atoms with Gasteiger partial charge >= 0.3 is 6.09 Å². The zero-order valence-corrected chi connectivity index (χ0v) is 17.6. The number of rotatable bonds is 3. The van der Waals surface area contributed by atoms with Crippen molar-refractivity contribution in [1.29, 1.82) is 0 Å². The van der Waals surface area contributed by atoms with E-state index in [-0.39, 0.29) is 11.2 Å². The lowest BCUT2D eigenvalue weighted by Crippen LogP contribution is -2.50. The summed E-state index contributed by atoms with van der Waals surface area (Å²) in [6.45, 7) is 8.25. The van der Waals surface area contributed by atoms with Gasteiger partial charge in [0.2, 0.25) is 0 Å². The third-order valence-corrected chi connectivity index (χ3v) is 4.22. The average Bonchev–Trinajstić information content (AvgIpc) is 2.53. The summed E-state index contributed by atoms with van der Waals surface area (Å²) in [5.41, 5.74) is 9.43. The maximum Gasteiger partial charge on any atom is 0.410 e. The lowest BCUT2D eigenvalue weighted by molar-refractivity contribution is 0.0240. The molecule has 1 fully saturated rings. The highest BCUT2D eigenvalue weighted by atomic mass is 79.9. The Bertz CT molecular complexity index is 697. The van der Waals surface area contributed by atoms with Crippen LogP contribution in [0.2, 0.25) is 0 Å². The number of piperazine rings is 1. The summed E-state index contributed by atoms with van der Waals surface area (Å²) >= 11 is 8.23. The molecule has 2 rings (SSSR count). The predicted molar refractivity (Wildman–Crippen MR) is 112 cm³/mol. The van der Waals surface area contributed by atoms with Gasteiger partial charge in [-0.05, 0) is 51.2 Å². The number of nitrogens with one attached hydrogen (secondary N) is 1. The second-order valence-corrected chi connectivity index (χ2v) is 8.25. The molecule has 1 aromatic rings. The van der Waals surface area contributed by atoms with Crippen LogP contribution in [-0.4, -0.2) is 54.1 Å². The Hall–Kier alpha value is -1.87. The number of hydrogen-bond acceptors (Lipinski definition) is 5. The van der Waals surface area contributed by atoms with Crippen LogP contribution in [0.15, 0.2) is 27.8 Å². The van der Waals surface area contributed by atoms with Crippen LogP contribution in [0.4, 0.5) is 10.5 Å². The second-order valence-electron chi connectivity index (χ2n) is 6.89. The van der Waals surface area contributed by atoms with Crippen LogP contribution in [0, 0.1) is 0 Å². The Kier molecular flexibility index (Phi) is 6.82. The molecule has 1 heterocycles. The highest BCUT2D eigenvalue weighted by Gasteiger charge is 2.26.